The molecule has 2 rings (SSSR count). The molecule has 2 aliphatic rings. The number of piperidine rings is 1. The Labute approximate surface area is 127 Å². The number of carbonyl (C=O) groups is 2. The minimum Gasteiger partial charge on any atom is -0.356 e. The van der Waals surface area contributed by atoms with Crippen LogP contribution in [-0.4, -0.2) is 49.4 Å². The van der Waals surface area contributed by atoms with Gasteiger partial charge in [0.05, 0.1) is 5.41 Å². The Morgan fingerprint density at radius 2 is 2.00 bits per heavy atom. The van der Waals surface area contributed by atoms with Gasteiger partial charge in [-0.1, -0.05) is 13.3 Å². The number of nitrogens with zero attached hydrogens (tertiary/aromatic N) is 1. The molecule has 2 N–H and O–H groups in total. The Bertz CT molecular complexity index is 370. The van der Waals surface area contributed by atoms with Gasteiger partial charge in [-0.3, -0.25) is 9.59 Å². The molecule has 2 aliphatic heterocycles. The maximum atomic E-state index is 12.9. The average Bonchev–Trinajstić information content (AvgIpc) is 2.97. The molecule has 0 spiro atoms. The zero-order chi connectivity index (χ0) is 15.3. The van der Waals surface area contributed by atoms with Crippen LogP contribution in [-0.2, 0) is 9.59 Å². The van der Waals surface area contributed by atoms with Crippen LogP contribution in [0.15, 0.2) is 0 Å². The quantitative estimate of drug-likeness (QED) is 0.799. The standard InChI is InChI=1S/C16H29N3O2/c1-3-7-16(8-9-17-12-16)15(21)19-10-5-13(6-11-19)14(20)18-4-2/h13,17H,3-12H2,1-2H3,(H,18,20). The molecule has 0 aliphatic carbocycles. The molecule has 21 heavy (non-hydrogen) atoms. The Morgan fingerprint density at radius 1 is 1.29 bits per heavy atom. The monoisotopic (exact) mass is 295 g/mol. The zero-order valence-electron chi connectivity index (χ0n) is 13.4. The van der Waals surface area contributed by atoms with Crippen molar-refractivity contribution in [3.63, 3.8) is 0 Å². The molecule has 0 saturated carbocycles. The normalized spacial score (nSPS) is 26.9. The lowest BCUT2D eigenvalue weighted by atomic mass is 9.80. The van der Waals surface area contributed by atoms with E-state index in [1.54, 1.807) is 0 Å². The average molecular weight is 295 g/mol. The highest BCUT2D eigenvalue weighted by atomic mass is 16.2. The molecule has 1 unspecified atom stereocenters. The van der Waals surface area contributed by atoms with Crippen molar-refractivity contribution in [1.82, 2.24) is 15.5 Å². The van der Waals surface area contributed by atoms with E-state index in [0.717, 1.165) is 58.3 Å². The third-order valence-electron chi connectivity index (χ3n) is 4.93. The molecule has 0 aromatic heterocycles. The maximum Gasteiger partial charge on any atom is 0.230 e. The second kappa shape index (κ2) is 7.25. The predicted molar refractivity (Wildman–Crippen MR) is 82.8 cm³/mol. The first-order valence-electron chi connectivity index (χ1n) is 8.41. The summed E-state index contributed by atoms with van der Waals surface area (Å²) < 4.78 is 0. The van der Waals surface area contributed by atoms with Gasteiger partial charge in [0.1, 0.15) is 0 Å². The first-order chi connectivity index (χ1) is 10.1. The molecular formula is C16H29N3O2. The number of hydrogen-bond acceptors (Lipinski definition) is 3. The summed E-state index contributed by atoms with van der Waals surface area (Å²) in [5.74, 6) is 0.539. The van der Waals surface area contributed by atoms with E-state index in [0.29, 0.717) is 12.5 Å². The van der Waals surface area contributed by atoms with E-state index >= 15 is 0 Å². The highest BCUT2D eigenvalue weighted by Gasteiger charge is 2.43. The summed E-state index contributed by atoms with van der Waals surface area (Å²) in [5, 5.41) is 6.24. The van der Waals surface area contributed by atoms with Gasteiger partial charge in [0, 0.05) is 32.1 Å². The molecule has 2 saturated heterocycles. The molecule has 2 heterocycles. The molecular weight excluding hydrogens is 266 g/mol. The van der Waals surface area contributed by atoms with Gasteiger partial charge in [0.15, 0.2) is 0 Å². The minimum absolute atomic E-state index is 0.0813. The Hall–Kier alpha value is -1.10. The third-order valence-corrected chi connectivity index (χ3v) is 4.93. The van der Waals surface area contributed by atoms with E-state index in [4.69, 9.17) is 0 Å². The van der Waals surface area contributed by atoms with E-state index in [1.807, 2.05) is 11.8 Å². The van der Waals surface area contributed by atoms with E-state index in [1.165, 1.54) is 0 Å². The Kier molecular flexibility index (Phi) is 5.62. The fraction of sp³-hybridized carbons (Fsp3) is 0.875. The van der Waals surface area contributed by atoms with Gasteiger partial charge < -0.3 is 15.5 Å². The van der Waals surface area contributed by atoms with Gasteiger partial charge in [-0.25, -0.2) is 0 Å². The molecule has 2 fully saturated rings. The zero-order valence-corrected chi connectivity index (χ0v) is 13.4. The van der Waals surface area contributed by atoms with E-state index in [2.05, 4.69) is 17.6 Å². The maximum absolute atomic E-state index is 12.9. The van der Waals surface area contributed by atoms with Crippen LogP contribution >= 0.6 is 0 Å². The summed E-state index contributed by atoms with van der Waals surface area (Å²) in [6, 6.07) is 0. The fourth-order valence-corrected chi connectivity index (χ4v) is 3.72. The van der Waals surface area contributed by atoms with Crippen molar-refractivity contribution in [1.29, 1.82) is 0 Å². The lowest BCUT2D eigenvalue weighted by Gasteiger charge is -2.37. The lowest BCUT2D eigenvalue weighted by molar-refractivity contribution is -0.144. The van der Waals surface area contributed by atoms with Crippen LogP contribution in [0, 0.1) is 11.3 Å². The number of carbonyl (C=O) groups excluding carboxylic acids is 2. The second-order valence-corrected chi connectivity index (χ2v) is 6.42. The summed E-state index contributed by atoms with van der Waals surface area (Å²) >= 11 is 0. The summed E-state index contributed by atoms with van der Waals surface area (Å²) in [6.07, 6.45) is 4.56. The fourth-order valence-electron chi connectivity index (χ4n) is 3.72. The van der Waals surface area contributed by atoms with Crippen molar-refractivity contribution >= 4 is 11.8 Å². The summed E-state index contributed by atoms with van der Waals surface area (Å²) in [4.78, 5) is 26.8. The van der Waals surface area contributed by atoms with Crippen molar-refractivity contribution < 1.29 is 9.59 Å². The van der Waals surface area contributed by atoms with E-state index in [-0.39, 0.29) is 17.2 Å². The van der Waals surface area contributed by atoms with E-state index < -0.39 is 0 Å². The van der Waals surface area contributed by atoms with Crippen LogP contribution in [0.2, 0.25) is 0 Å². The molecule has 120 valence electrons. The molecule has 2 amide bonds. The highest BCUT2D eigenvalue weighted by Crippen LogP contribution is 2.34. The first kappa shape index (κ1) is 16.3. The van der Waals surface area contributed by atoms with Crippen LogP contribution in [0.5, 0.6) is 0 Å². The van der Waals surface area contributed by atoms with Gasteiger partial charge in [0.25, 0.3) is 0 Å². The molecule has 0 radical (unpaired) electrons. The predicted octanol–water partition coefficient (Wildman–Crippen LogP) is 1.14. The van der Waals surface area contributed by atoms with Gasteiger partial charge >= 0.3 is 0 Å². The third kappa shape index (κ3) is 3.57. The number of nitrogens with one attached hydrogen (secondary N) is 2. The topological polar surface area (TPSA) is 61.4 Å². The summed E-state index contributed by atoms with van der Waals surface area (Å²) in [7, 11) is 0. The van der Waals surface area contributed by atoms with Crippen LogP contribution in [0.3, 0.4) is 0 Å². The van der Waals surface area contributed by atoms with E-state index in [9.17, 15) is 9.59 Å². The largest absolute Gasteiger partial charge is 0.356 e. The van der Waals surface area contributed by atoms with Gasteiger partial charge in [-0.15, -0.1) is 0 Å². The van der Waals surface area contributed by atoms with Gasteiger partial charge in [0.2, 0.25) is 11.8 Å². The second-order valence-electron chi connectivity index (χ2n) is 6.42. The molecule has 1 atom stereocenters. The number of rotatable bonds is 5. The summed E-state index contributed by atoms with van der Waals surface area (Å²) in [6.45, 7) is 7.99. The van der Waals surface area contributed by atoms with Crippen LogP contribution in [0.25, 0.3) is 0 Å². The Balaban J connectivity index is 1.92. The smallest absolute Gasteiger partial charge is 0.230 e. The number of hydrogen-bond donors (Lipinski definition) is 2. The van der Waals surface area contributed by atoms with Crippen molar-refractivity contribution in [2.75, 3.05) is 32.7 Å². The van der Waals surface area contributed by atoms with Gasteiger partial charge in [-0.05, 0) is 39.2 Å². The highest BCUT2D eigenvalue weighted by molar-refractivity contribution is 5.84. The van der Waals surface area contributed by atoms with Crippen LogP contribution in [0.1, 0.15) is 46.0 Å². The molecule has 5 heteroatoms. The summed E-state index contributed by atoms with van der Waals surface area (Å²) in [5.41, 5.74) is -0.187. The molecule has 5 nitrogen and oxygen atoms in total. The first-order valence-corrected chi connectivity index (χ1v) is 8.41. The Morgan fingerprint density at radius 3 is 2.52 bits per heavy atom. The van der Waals surface area contributed by atoms with Crippen molar-refractivity contribution in [3.05, 3.63) is 0 Å². The SMILES string of the molecule is CCCC1(C(=O)N2CCC(C(=O)NCC)CC2)CCNC1. The number of likely N-dealkylation sites (tertiary alicyclic amines) is 1. The van der Waals surface area contributed by atoms with Crippen molar-refractivity contribution in [2.45, 2.75) is 46.0 Å². The van der Waals surface area contributed by atoms with Crippen LogP contribution < -0.4 is 10.6 Å². The van der Waals surface area contributed by atoms with Crippen LogP contribution in [0.4, 0.5) is 0 Å². The van der Waals surface area contributed by atoms with Crippen molar-refractivity contribution in [2.24, 2.45) is 11.3 Å². The molecule has 0 aromatic carbocycles. The molecule has 0 aromatic rings. The molecule has 0 bridgehead atoms. The lowest BCUT2D eigenvalue weighted by Crippen LogP contribution is -2.49. The van der Waals surface area contributed by atoms with Crippen molar-refractivity contribution in [3.8, 4) is 0 Å². The minimum atomic E-state index is -0.187. The number of amides is 2. The van der Waals surface area contributed by atoms with Gasteiger partial charge in [-0.2, -0.15) is 0 Å².